The molecule has 5 nitrogen and oxygen atoms in total. The SMILES string of the molecule is CC/C=C\C/C=C\C/C=C\C/C=C\C/C=C\C/C=C\CCCOCC(COC(=O)CCCCCCCCCCC/C=C\CCCCCCCC)OC(=O)CCCCCCCCCCCCC. The van der Waals surface area contributed by atoms with Gasteiger partial charge in [-0.2, -0.15) is 0 Å². The normalized spacial score (nSPS) is 12.8. The monoisotopic (exact) mass is 919 g/mol. The van der Waals surface area contributed by atoms with Gasteiger partial charge in [0, 0.05) is 19.4 Å². The molecule has 0 aromatic heterocycles. The molecular weight excluding hydrogens is 813 g/mol. The van der Waals surface area contributed by atoms with Gasteiger partial charge >= 0.3 is 11.9 Å². The van der Waals surface area contributed by atoms with Crippen LogP contribution in [0.15, 0.2) is 85.1 Å². The summed E-state index contributed by atoms with van der Waals surface area (Å²) in [5.41, 5.74) is 0. The van der Waals surface area contributed by atoms with Crippen LogP contribution in [0.3, 0.4) is 0 Å². The molecule has 0 aromatic rings. The number of hydrogen-bond donors (Lipinski definition) is 0. The summed E-state index contributed by atoms with van der Waals surface area (Å²) < 4.78 is 17.4. The molecule has 0 heterocycles. The summed E-state index contributed by atoms with van der Waals surface area (Å²) in [7, 11) is 0. The zero-order valence-electron chi connectivity index (χ0n) is 43.7. The van der Waals surface area contributed by atoms with Gasteiger partial charge in [0.05, 0.1) is 6.61 Å². The van der Waals surface area contributed by atoms with Gasteiger partial charge in [0.1, 0.15) is 6.61 Å². The fourth-order valence-corrected chi connectivity index (χ4v) is 7.76. The van der Waals surface area contributed by atoms with Crippen molar-refractivity contribution in [2.45, 2.75) is 271 Å². The first-order valence-corrected chi connectivity index (χ1v) is 28.1. The van der Waals surface area contributed by atoms with Crippen molar-refractivity contribution in [1.29, 1.82) is 0 Å². The van der Waals surface area contributed by atoms with Crippen molar-refractivity contribution in [3.63, 3.8) is 0 Å². The van der Waals surface area contributed by atoms with Crippen LogP contribution >= 0.6 is 0 Å². The number of rotatable bonds is 51. The molecular formula is C61H106O5. The second kappa shape index (κ2) is 56.4. The van der Waals surface area contributed by atoms with Crippen molar-refractivity contribution >= 4 is 11.9 Å². The predicted molar refractivity (Wildman–Crippen MR) is 288 cm³/mol. The Bertz CT molecular complexity index is 1220. The molecule has 0 saturated heterocycles. The zero-order valence-corrected chi connectivity index (χ0v) is 43.7. The number of carbonyl (C=O) groups is 2. The first-order valence-electron chi connectivity index (χ1n) is 28.1. The average molecular weight is 920 g/mol. The van der Waals surface area contributed by atoms with Crippen LogP contribution in [-0.2, 0) is 23.8 Å². The van der Waals surface area contributed by atoms with Crippen LogP contribution in [0.2, 0.25) is 0 Å². The van der Waals surface area contributed by atoms with Gasteiger partial charge in [0.25, 0.3) is 0 Å². The van der Waals surface area contributed by atoms with E-state index in [0.29, 0.717) is 19.4 Å². The molecule has 1 atom stereocenters. The van der Waals surface area contributed by atoms with Gasteiger partial charge in [0.2, 0.25) is 0 Å². The van der Waals surface area contributed by atoms with E-state index in [1.807, 2.05) is 0 Å². The Labute approximate surface area is 409 Å². The van der Waals surface area contributed by atoms with Gasteiger partial charge < -0.3 is 14.2 Å². The Balaban J connectivity index is 4.31. The lowest BCUT2D eigenvalue weighted by Crippen LogP contribution is -2.30. The maximum atomic E-state index is 12.8. The largest absolute Gasteiger partial charge is 0.462 e. The van der Waals surface area contributed by atoms with Crippen LogP contribution < -0.4 is 0 Å². The highest BCUT2D eigenvalue weighted by atomic mass is 16.6. The highest BCUT2D eigenvalue weighted by molar-refractivity contribution is 5.70. The van der Waals surface area contributed by atoms with Crippen LogP contribution in [0.1, 0.15) is 265 Å². The molecule has 0 radical (unpaired) electrons. The standard InChI is InChI=1S/C61H106O5/c1-4-7-10-13-16-19-22-24-26-28-30-32-34-36-38-41-44-47-50-53-56-64-57-59(66-61(63)55-52-49-46-43-39-21-18-15-12-9-6-3)58-65-60(62)54-51-48-45-42-40-37-35-33-31-29-27-25-23-20-17-14-11-8-5-2/h7,10,16,19,24-27,30,32,36,38,44,47,59H,4-6,8-9,11-15,17-18,20-23,28-29,31,33-35,37,39-43,45-46,48-58H2,1-3H3/b10-7-,19-16-,26-24-,27-25-,32-30-,38-36-,47-44-. The van der Waals surface area contributed by atoms with Crippen molar-refractivity contribution in [3.8, 4) is 0 Å². The van der Waals surface area contributed by atoms with E-state index in [2.05, 4.69) is 106 Å². The van der Waals surface area contributed by atoms with Gasteiger partial charge in [-0.05, 0) is 89.9 Å². The van der Waals surface area contributed by atoms with E-state index >= 15 is 0 Å². The Morgan fingerprint density at radius 2 is 0.682 bits per heavy atom. The molecule has 0 aromatic carbocycles. The molecule has 0 spiro atoms. The van der Waals surface area contributed by atoms with Crippen molar-refractivity contribution in [2.75, 3.05) is 19.8 Å². The highest BCUT2D eigenvalue weighted by Crippen LogP contribution is 2.15. The Kier molecular flexibility index (Phi) is 53.9. The molecule has 0 bridgehead atoms. The number of hydrogen-bond acceptors (Lipinski definition) is 5. The summed E-state index contributed by atoms with van der Waals surface area (Å²) in [4.78, 5) is 25.4. The van der Waals surface area contributed by atoms with E-state index in [1.54, 1.807) is 0 Å². The topological polar surface area (TPSA) is 61.8 Å². The second-order valence-electron chi connectivity index (χ2n) is 18.5. The minimum atomic E-state index is -0.568. The molecule has 0 rings (SSSR count). The van der Waals surface area contributed by atoms with E-state index in [4.69, 9.17) is 14.2 Å². The Morgan fingerprint density at radius 1 is 0.348 bits per heavy atom. The first kappa shape index (κ1) is 63.1. The Morgan fingerprint density at radius 3 is 1.11 bits per heavy atom. The van der Waals surface area contributed by atoms with Gasteiger partial charge in [-0.15, -0.1) is 0 Å². The van der Waals surface area contributed by atoms with E-state index in [-0.39, 0.29) is 25.2 Å². The maximum Gasteiger partial charge on any atom is 0.306 e. The molecule has 0 aliphatic rings. The molecule has 66 heavy (non-hydrogen) atoms. The Hall–Kier alpha value is -2.92. The number of allylic oxidation sites excluding steroid dienone is 14. The molecule has 0 amide bonds. The molecule has 1 unspecified atom stereocenters. The van der Waals surface area contributed by atoms with Crippen LogP contribution in [0.5, 0.6) is 0 Å². The van der Waals surface area contributed by atoms with Crippen LogP contribution in [-0.4, -0.2) is 37.9 Å². The number of unbranched alkanes of at least 4 members (excludes halogenated alkanes) is 26. The summed E-state index contributed by atoms with van der Waals surface area (Å²) in [6.07, 6.45) is 74.7. The minimum Gasteiger partial charge on any atom is -0.462 e. The van der Waals surface area contributed by atoms with Crippen molar-refractivity contribution in [1.82, 2.24) is 0 Å². The third-order valence-electron chi connectivity index (χ3n) is 11.9. The first-order chi connectivity index (χ1) is 32.6. The molecule has 380 valence electrons. The molecule has 0 N–H and O–H groups in total. The summed E-state index contributed by atoms with van der Waals surface area (Å²) in [6, 6.07) is 0. The number of carbonyl (C=O) groups excluding carboxylic acids is 2. The summed E-state index contributed by atoms with van der Waals surface area (Å²) in [5.74, 6) is -0.427. The van der Waals surface area contributed by atoms with E-state index in [9.17, 15) is 9.59 Å². The molecule has 5 heteroatoms. The smallest absolute Gasteiger partial charge is 0.306 e. The summed E-state index contributed by atoms with van der Waals surface area (Å²) in [5, 5.41) is 0. The predicted octanol–water partition coefficient (Wildman–Crippen LogP) is 19.2. The third kappa shape index (κ3) is 53.7. The summed E-state index contributed by atoms with van der Waals surface area (Å²) >= 11 is 0. The average Bonchev–Trinajstić information content (AvgIpc) is 3.32. The third-order valence-corrected chi connectivity index (χ3v) is 11.9. The van der Waals surface area contributed by atoms with Crippen molar-refractivity contribution in [3.05, 3.63) is 85.1 Å². The molecule has 0 fully saturated rings. The molecule has 0 aliphatic heterocycles. The van der Waals surface area contributed by atoms with Gasteiger partial charge in [-0.3, -0.25) is 9.59 Å². The van der Waals surface area contributed by atoms with E-state index in [0.717, 1.165) is 77.0 Å². The lowest BCUT2D eigenvalue weighted by molar-refractivity contribution is -0.163. The maximum absolute atomic E-state index is 12.8. The second-order valence-corrected chi connectivity index (χ2v) is 18.5. The fraction of sp³-hybridized carbons (Fsp3) is 0.738. The number of ether oxygens (including phenoxy) is 3. The van der Waals surface area contributed by atoms with Crippen molar-refractivity contribution < 1.29 is 23.8 Å². The lowest BCUT2D eigenvalue weighted by atomic mass is 10.1. The fourth-order valence-electron chi connectivity index (χ4n) is 7.76. The highest BCUT2D eigenvalue weighted by Gasteiger charge is 2.17. The van der Waals surface area contributed by atoms with Crippen LogP contribution in [0, 0.1) is 0 Å². The lowest BCUT2D eigenvalue weighted by Gasteiger charge is -2.18. The van der Waals surface area contributed by atoms with Crippen LogP contribution in [0.4, 0.5) is 0 Å². The molecule has 0 saturated carbocycles. The number of esters is 2. The van der Waals surface area contributed by atoms with Gasteiger partial charge in [-0.1, -0.05) is 247 Å². The van der Waals surface area contributed by atoms with Gasteiger partial charge in [-0.25, -0.2) is 0 Å². The van der Waals surface area contributed by atoms with Crippen molar-refractivity contribution in [2.24, 2.45) is 0 Å². The minimum absolute atomic E-state index is 0.0604. The van der Waals surface area contributed by atoms with Crippen LogP contribution in [0.25, 0.3) is 0 Å². The van der Waals surface area contributed by atoms with E-state index < -0.39 is 6.10 Å². The summed E-state index contributed by atoms with van der Waals surface area (Å²) in [6.45, 7) is 7.58. The molecule has 0 aliphatic carbocycles. The quantitative estimate of drug-likeness (QED) is 0.0346. The van der Waals surface area contributed by atoms with E-state index in [1.165, 1.54) is 154 Å². The zero-order chi connectivity index (χ0) is 47.7. The van der Waals surface area contributed by atoms with Gasteiger partial charge in [0.15, 0.2) is 6.10 Å².